The molecule has 0 saturated carbocycles. The summed E-state index contributed by atoms with van der Waals surface area (Å²) >= 11 is 8.72. The number of ether oxygens (including phenoxy) is 2. The maximum Gasteiger partial charge on any atom is 0.315 e. The van der Waals surface area contributed by atoms with Gasteiger partial charge < -0.3 is 45.6 Å². The molecule has 17 heteroatoms. The Bertz CT molecular complexity index is 2160. The third-order valence-electron chi connectivity index (χ3n) is 10.6. The zero-order valence-corrected chi connectivity index (χ0v) is 33.7. The van der Waals surface area contributed by atoms with Crippen molar-refractivity contribution in [3.63, 3.8) is 0 Å². The van der Waals surface area contributed by atoms with Crippen LogP contribution in [0.25, 0.3) is 32.8 Å². The van der Waals surface area contributed by atoms with Gasteiger partial charge >= 0.3 is 6.03 Å². The van der Waals surface area contributed by atoms with E-state index < -0.39 is 5.82 Å². The topological polar surface area (TPSA) is 170 Å². The van der Waals surface area contributed by atoms with Gasteiger partial charge in [0.2, 0.25) is 17.8 Å². The highest BCUT2D eigenvalue weighted by Crippen LogP contribution is 2.42. The molecular formula is C41H48ClFN8O6S. The van der Waals surface area contributed by atoms with Crippen LogP contribution in [0.3, 0.4) is 0 Å². The number of piperazine rings is 1. The normalized spacial score (nSPS) is 18.9. The van der Waals surface area contributed by atoms with Gasteiger partial charge in [-0.05, 0) is 53.5 Å². The summed E-state index contributed by atoms with van der Waals surface area (Å²) in [6.07, 6.45) is 4.45. The Morgan fingerprint density at radius 1 is 1.02 bits per heavy atom. The number of urea groups is 1. The molecular weight excluding hydrogens is 787 g/mol. The second-order valence-corrected chi connectivity index (χ2v) is 16.1. The molecule has 58 heavy (non-hydrogen) atoms. The van der Waals surface area contributed by atoms with Gasteiger partial charge in [0.1, 0.15) is 17.1 Å². The molecule has 5 N–H and O–H groups in total. The van der Waals surface area contributed by atoms with Crippen molar-refractivity contribution in [2.24, 2.45) is 0 Å². The summed E-state index contributed by atoms with van der Waals surface area (Å²) in [6.45, 7) is 7.46. The highest BCUT2D eigenvalue weighted by molar-refractivity contribution is 8.00. The zero-order valence-electron chi connectivity index (χ0n) is 32.1. The molecule has 3 aromatic carbocycles. The van der Waals surface area contributed by atoms with E-state index in [-0.39, 0.29) is 57.7 Å². The van der Waals surface area contributed by atoms with Crippen LogP contribution in [0.4, 0.5) is 21.0 Å². The van der Waals surface area contributed by atoms with Crippen molar-refractivity contribution < 1.29 is 33.4 Å². The number of halogens is 2. The maximum atomic E-state index is 16.8. The number of unbranched alkanes of at least 4 members (excludes halogenated alkanes) is 1. The van der Waals surface area contributed by atoms with Crippen LogP contribution in [0.2, 0.25) is 5.02 Å². The van der Waals surface area contributed by atoms with Crippen molar-refractivity contribution in [3.8, 4) is 16.9 Å². The van der Waals surface area contributed by atoms with Crippen LogP contribution in [0.5, 0.6) is 5.75 Å². The Labute approximate surface area is 345 Å². The van der Waals surface area contributed by atoms with Crippen molar-refractivity contribution >= 4 is 74.6 Å². The highest BCUT2D eigenvalue weighted by atomic mass is 35.5. The van der Waals surface area contributed by atoms with Gasteiger partial charge in [-0.2, -0.15) is 16.7 Å². The van der Waals surface area contributed by atoms with Gasteiger partial charge in [0.15, 0.2) is 5.82 Å². The van der Waals surface area contributed by atoms with Crippen molar-refractivity contribution in [1.82, 2.24) is 30.8 Å². The Balaban J connectivity index is 0.900. The molecule has 7 rings (SSSR count). The Kier molecular flexibility index (Phi) is 13.7. The number of aromatic nitrogens is 2. The second kappa shape index (κ2) is 19.2. The maximum absolute atomic E-state index is 16.8. The number of rotatable bonds is 18. The molecule has 3 aliphatic heterocycles. The first-order valence-electron chi connectivity index (χ1n) is 19.6. The number of hydrogen-bond acceptors (Lipinski definition) is 11. The average molecular weight is 835 g/mol. The van der Waals surface area contributed by atoms with Gasteiger partial charge in [-0.25, -0.2) is 14.2 Å². The first kappa shape index (κ1) is 41.3. The number of carbonyl (C=O) groups is 3. The van der Waals surface area contributed by atoms with Gasteiger partial charge in [-0.1, -0.05) is 48.9 Å². The molecule has 4 heterocycles. The van der Waals surface area contributed by atoms with Crippen molar-refractivity contribution in [3.05, 3.63) is 66.0 Å². The first-order valence-corrected chi connectivity index (χ1v) is 21.1. The van der Waals surface area contributed by atoms with Gasteiger partial charge in [0.25, 0.3) is 0 Å². The molecule has 1 aromatic heterocycles. The lowest BCUT2D eigenvalue weighted by Gasteiger charge is -2.35. The Morgan fingerprint density at radius 3 is 2.59 bits per heavy atom. The van der Waals surface area contributed by atoms with E-state index in [2.05, 4.69) is 32.8 Å². The van der Waals surface area contributed by atoms with E-state index in [0.717, 1.165) is 35.8 Å². The summed E-state index contributed by atoms with van der Waals surface area (Å²) < 4.78 is 28.2. The predicted molar refractivity (Wildman–Crippen MR) is 225 cm³/mol. The Morgan fingerprint density at radius 2 is 1.79 bits per heavy atom. The molecule has 4 aromatic rings. The third-order valence-corrected chi connectivity index (χ3v) is 12.4. The van der Waals surface area contributed by atoms with E-state index in [9.17, 15) is 19.5 Å². The van der Waals surface area contributed by atoms with Crippen LogP contribution in [0.1, 0.15) is 25.7 Å². The van der Waals surface area contributed by atoms with E-state index >= 15 is 4.39 Å². The number of phenolic OH excluding ortho intramolecular Hbond substituents is 1. The number of benzene rings is 3. The number of aromatic hydroxyl groups is 1. The standard InChI is InChI=1S/C41H48ClFN8O6S/c1-2-34(54)50-13-15-51(16-14-50)39-29-23-30(42)35(28-22-26(52)21-25-7-3-4-8-27(25)28)36(43)37(29)47-40(49-39)45-12-18-57-20-19-56-17-11-44-33(53)10-6-5-9-32-38-31(24-58-32)46-41(55)48-38/h2-4,7-8,21-23,31-32,38,52H,1,5-6,9-20,24H2,(H,44,53)(H,45,47,49)(H2,46,48,55)/t31-,32-,38-/m0/s1. The van der Waals surface area contributed by atoms with Gasteiger partial charge in [0.05, 0.1) is 43.5 Å². The summed E-state index contributed by atoms with van der Waals surface area (Å²) in [4.78, 5) is 49.2. The van der Waals surface area contributed by atoms with Crippen molar-refractivity contribution in [2.45, 2.75) is 43.0 Å². The number of anilines is 2. The lowest BCUT2D eigenvalue weighted by Crippen LogP contribution is -2.48. The predicted octanol–water partition coefficient (Wildman–Crippen LogP) is 5.07. The fourth-order valence-electron chi connectivity index (χ4n) is 7.70. The number of nitrogens with zero attached hydrogens (tertiary/aromatic N) is 4. The lowest BCUT2D eigenvalue weighted by molar-refractivity contribution is -0.126. The molecule has 308 valence electrons. The van der Waals surface area contributed by atoms with E-state index in [1.165, 1.54) is 12.1 Å². The summed E-state index contributed by atoms with van der Waals surface area (Å²) in [6, 6.07) is 12.5. The van der Waals surface area contributed by atoms with Crippen LogP contribution in [0.15, 0.2) is 55.1 Å². The van der Waals surface area contributed by atoms with E-state index in [0.29, 0.717) is 94.1 Å². The Hall–Kier alpha value is -4.90. The van der Waals surface area contributed by atoms with Crippen LogP contribution < -0.4 is 26.2 Å². The third kappa shape index (κ3) is 9.68. The number of amides is 4. The molecule has 0 bridgehead atoms. The molecule has 3 aliphatic rings. The fourth-order valence-corrected chi connectivity index (χ4v) is 9.54. The van der Waals surface area contributed by atoms with Crippen LogP contribution in [-0.2, 0) is 19.1 Å². The summed E-state index contributed by atoms with van der Waals surface area (Å²) in [5.74, 6) is 0.781. The monoisotopic (exact) mass is 834 g/mol. The minimum atomic E-state index is -0.647. The summed E-state index contributed by atoms with van der Waals surface area (Å²) in [7, 11) is 0. The number of thioether (sulfide) groups is 1. The highest BCUT2D eigenvalue weighted by Gasteiger charge is 2.42. The van der Waals surface area contributed by atoms with E-state index in [1.807, 2.05) is 40.9 Å². The summed E-state index contributed by atoms with van der Waals surface area (Å²) in [5.41, 5.74) is 0.616. The molecule has 0 spiro atoms. The van der Waals surface area contributed by atoms with Crippen molar-refractivity contribution in [2.75, 3.05) is 81.7 Å². The van der Waals surface area contributed by atoms with Gasteiger partial charge in [-0.3, -0.25) is 9.59 Å². The largest absolute Gasteiger partial charge is 0.508 e. The molecule has 3 saturated heterocycles. The first-order chi connectivity index (χ1) is 28.2. The number of carbonyl (C=O) groups excluding carboxylic acids is 3. The van der Waals surface area contributed by atoms with Crippen LogP contribution in [0, 0.1) is 5.82 Å². The molecule has 3 atom stereocenters. The van der Waals surface area contributed by atoms with E-state index in [4.69, 9.17) is 26.1 Å². The molecule has 0 aliphatic carbocycles. The minimum absolute atomic E-state index is 0.00473. The van der Waals surface area contributed by atoms with Crippen molar-refractivity contribution in [1.29, 1.82) is 0 Å². The average Bonchev–Trinajstić information content (AvgIpc) is 3.78. The SMILES string of the molecule is C=CC(=O)N1CCN(c2nc(NCCOCCOCCNC(=O)CCCC[C@@H]3SC[C@@H]4NC(=O)N[C@@H]43)nc3c(F)c(-c4cc(O)cc5ccccc45)c(Cl)cc23)CC1. The quantitative estimate of drug-likeness (QED) is 0.0516. The lowest BCUT2D eigenvalue weighted by atomic mass is 9.96. The molecule has 14 nitrogen and oxygen atoms in total. The minimum Gasteiger partial charge on any atom is -0.508 e. The number of nitrogens with one attached hydrogen (secondary N) is 4. The van der Waals surface area contributed by atoms with Crippen LogP contribution in [-0.4, -0.2) is 127 Å². The second-order valence-electron chi connectivity index (χ2n) is 14.4. The molecule has 0 unspecified atom stereocenters. The molecule has 0 radical (unpaired) electrons. The number of phenols is 1. The molecule has 4 amide bonds. The fraction of sp³-hybridized carbons (Fsp3) is 0.439. The summed E-state index contributed by atoms with van der Waals surface area (Å²) in [5, 5.41) is 25.0. The van der Waals surface area contributed by atoms with Crippen LogP contribution >= 0.6 is 23.4 Å². The van der Waals surface area contributed by atoms with E-state index in [1.54, 1.807) is 17.0 Å². The smallest absolute Gasteiger partial charge is 0.315 e. The zero-order chi connectivity index (χ0) is 40.6. The van der Waals surface area contributed by atoms with Gasteiger partial charge in [0, 0.05) is 67.6 Å². The number of hydrogen-bond donors (Lipinski definition) is 5. The van der Waals surface area contributed by atoms with Gasteiger partial charge in [-0.15, -0.1) is 0 Å². The number of fused-ring (bicyclic) bond motifs is 3. The molecule has 3 fully saturated rings.